The number of carbonyl (C=O) groups is 2. The first-order chi connectivity index (χ1) is 8.15. The van der Waals surface area contributed by atoms with Gasteiger partial charge in [-0.2, -0.15) is 0 Å². The summed E-state index contributed by atoms with van der Waals surface area (Å²) in [5.74, 6) is -0.333. The Morgan fingerprint density at radius 3 is 2.76 bits per heavy atom. The van der Waals surface area contributed by atoms with E-state index in [4.69, 9.17) is 0 Å². The van der Waals surface area contributed by atoms with E-state index in [0.29, 0.717) is 18.0 Å². The molecule has 2 amide bonds. The number of nitrogens with zero attached hydrogens (tertiary/aromatic N) is 1. The molecule has 1 aromatic carbocycles. The summed E-state index contributed by atoms with van der Waals surface area (Å²) in [6, 6.07) is 6.23. The lowest BCUT2D eigenvalue weighted by Gasteiger charge is -2.23. The maximum absolute atomic E-state index is 11.9. The van der Waals surface area contributed by atoms with Gasteiger partial charge in [-0.25, -0.2) is 0 Å². The molecule has 88 valence electrons. The SMILES string of the molecule is CN1C(=O)Cc2cc(NC3CC3)ccc2C1=O. The smallest absolute Gasteiger partial charge is 0.260 e. The summed E-state index contributed by atoms with van der Waals surface area (Å²) in [7, 11) is 1.53. The van der Waals surface area contributed by atoms with Crippen molar-refractivity contribution in [1.82, 2.24) is 4.90 Å². The highest BCUT2D eigenvalue weighted by Gasteiger charge is 2.28. The highest BCUT2D eigenvalue weighted by atomic mass is 16.2. The van der Waals surface area contributed by atoms with Crippen molar-refractivity contribution in [1.29, 1.82) is 0 Å². The van der Waals surface area contributed by atoms with Crippen LogP contribution in [0.25, 0.3) is 0 Å². The van der Waals surface area contributed by atoms with Crippen LogP contribution in [0.3, 0.4) is 0 Å². The van der Waals surface area contributed by atoms with Crippen molar-refractivity contribution in [3.63, 3.8) is 0 Å². The summed E-state index contributed by atoms with van der Waals surface area (Å²) >= 11 is 0. The van der Waals surface area contributed by atoms with E-state index in [1.54, 1.807) is 0 Å². The number of amides is 2. The molecule has 1 heterocycles. The van der Waals surface area contributed by atoms with Crippen molar-refractivity contribution >= 4 is 17.5 Å². The molecular weight excluding hydrogens is 216 g/mol. The number of likely N-dealkylation sites (N-methyl/N-ethyl adjacent to an activating group) is 1. The molecule has 0 unspecified atom stereocenters. The fourth-order valence-corrected chi connectivity index (χ4v) is 2.08. The van der Waals surface area contributed by atoms with E-state index in [9.17, 15) is 9.59 Å². The minimum absolute atomic E-state index is 0.133. The minimum Gasteiger partial charge on any atom is -0.382 e. The van der Waals surface area contributed by atoms with Gasteiger partial charge in [-0.1, -0.05) is 0 Å². The lowest BCUT2D eigenvalue weighted by molar-refractivity contribution is -0.127. The van der Waals surface area contributed by atoms with Crippen LogP contribution in [0.15, 0.2) is 18.2 Å². The summed E-state index contributed by atoms with van der Waals surface area (Å²) in [6.45, 7) is 0. The van der Waals surface area contributed by atoms with Gasteiger partial charge in [-0.15, -0.1) is 0 Å². The Labute approximate surface area is 99.6 Å². The van der Waals surface area contributed by atoms with E-state index in [1.807, 2.05) is 18.2 Å². The second-order valence-corrected chi connectivity index (χ2v) is 4.73. The second-order valence-electron chi connectivity index (χ2n) is 4.73. The van der Waals surface area contributed by atoms with E-state index in [0.717, 1.165) is 11.3 Å². The van der Waals surface area contributed by atoms with E-state index in [2.05, 4.69) is 5.32 Å². The van der Waals surface area contributed by atoms with Crippen LogP contribution in [0.1, 0.15) is 28.8 Å². The standard InChI is InChI=1S/C13H14N2O2/c1-15-12(16)7-8-6-10(14-9-2-3-9)4-5-11(8)13(15)17/h4-6,9,14H,2-3,7H2,1H3. The maximum atomic E-state index is 11.9. The van der Waals surface area contributed by atoms with Crippen LogP contribution in [0, 0.1) is 0 Å². The molecule has 1 aliphatic carbocycles. The molecule has 17 heavy (non-hydrogen) atoms. The number of hydrogen-bond acceptors (Lipinski definition) is 3. The monoisotopic (exact) mass is 230 g/mol. The number of hydrogen-bond donors (Lipinski definition) is 1. The number of rotatable bonds is 2. The third-order valence-corrected chi connectivity index (χ3v) is 3.30. The molecule has 0 atom stereocenters. The summed E-state index contributed by atoms with van der Waals surface area (Å²) in [6.07, 6.45) is 2.73. The molecule has 1 fully saturated rings. The molecule has 1 aliphatic heterocycles. The predicted octanol–water partition coefficient (Wildman–Crippen LogP) is 1.42. The van der Waals surface area contributed by atoms with Crippen molar-refractivity contribution < 1.29 is 9.59 Å². The minimum atomic E-state index is -0.200. The molecule has 4 nitrogen and oxygen atoms in total. The van der Waals surface area contributed by atoms with Gasteiger partial charge in [0.25, 0.3) is 5.91 Å². The van der Waals surface area contributed by atoms with E-state index in [-0.39, 0.29) is 11.8 Å². The molecule has 0 spiro atoms. The van der Waals surface area contributed by atoms with Crippen molar-refractivity contribution in [2.24, 2.45) is 0 Å². The Balaban J connectivity index is 1.94. The third kappa shape index (κ3) is 1.79. The topological polar surface area (TPSA) is 49.4 Å². The maximum Gasteiger partial charge on any atom is 0.260 e. The van der Waals surface area contributed by atoms with Gasteiger partial charge < -0.3 is 5.32 Å². The lowest BCUT2D eigenvalue weighted by Crippen LogP contribution is -2.39. The van der Waals surface area contributed by atoms with Gasteiger partial charge in [0.1, 0.15) is 0 Å². The zero-order valence-electron chi connectivity index (χ0n) is 9.69. The Morgan fingerprint density at radius 1 is 1.29 bits per heavy atom. The number of imide groups is 1. The summed E-state index contributed by atoms with van der Waals surface area (Å²) in [5.41, 5.74) is 2.49. The van der Waals surface area contributed by atoms with Crippen LogP contribution in [0.2, 0.25) is 0 Å². The molecule has 0 bridgehead atoms. The number of benzene rings is 1. The fourth-order valence-electron chi connectivity index (χ4n) is 2.08. The van der Waals surface area contributed by atoms with Crippen molar-refractivity contribution in [3.05, 3.63) is 29.3 Å². The molecular formula is C13H14N2O2. The molecule has 2 aliphatic rings. The van der Waals surface area contributed by atoms with Crippen molar-refractivity contribution in [2.45, 2.75) is 25.3 Å². The summed E-state index contributed by atoms with van der Waals surface area (Å²) in [5, 5.41) is 3.37. The van der Waals surface area contributed by atoms with Crippen LogP contribution < -0.4 is 5.32 Å². The molecule has 0 radical (unpaired) electrons. The first kappa shape index (κ1) is 10.3. The molecule has 0 aromatic heterocycles. The zero-order chi connectivity index (χ0) is 12.0. The van der Waals surface area contributed by atoms with Crippen molar-refractivity contribution in [3.8, 4) is 0 Å². The summed E-state index contributed by atoms with van der Waals surface area (Å²) < 4.78 is 0. The van der Waals surface area contributed by atoms with Crippen LogP contribution in [0.5, 0.6) is 0 Å². The fraction of sp³-hybridized carbons (Fsp3) is 0.385. The van der Waals surface area contributed by atoms with Gasteiger partial charge >= 0.3 is 0 Å². The third-order valence-electron chi connectivity index (χ3n) is 3.30. The van der Waals surface area contributed by atoms with Crippen LogP contribution in [0.4, 0.5) is 5.69 Å². The normalized spacial score (nSPS) is 19.2. The van der Waals surface area contributed by atoms with Gasteiger partial charge in [0.15, 0.2) is 0 Å². The Morgan fingerprint density at radius 2 is 2.06 bits per heavy atom. The lowest BCUT2D eigenvalue weighted by atomic mass is 9.98. The molecule has 1 saturated carbocycles. The van der Waals surface area contributed by atoms with Gasteiger partial charge in [0.2, 0.25) is 5.91 Å². The van der Waals surface area contributed by atoms with E-state index >= 15 is 0 Å². The quantitative estimate of drug-likeness (QED) is 0.782. The molecule has 4 heteroatoms. The molecule has 0 saturated heterocycles. The van der Waals surface area contributed by atoms with Gasteiger partial charge in [0, 0.05) is 24.3 Å². The highest BCUT2D eigenvalue weighted by molar-refractivity contribution is 6.09. The molecule has 1 N–H and O–H groups in total. The number of nitrogens with one attached hydrogen (secondary N) is 1. The van der Waals surface area contributed by atoms with Gasteiger partial charge in [-0.05, 0) is 36.6 Å². The zero-order valence-corrected chi connectivity index (χ0v) is 9.69. The Hall–Kier alpha value is -1.84. The van der Waals surface area contributed by atoms with Crippen LogP contribution in [-0.4, -0.2) is 29.8 Å². The Bertz CT molecular complexity index is 506. The second kappa shape index (κ2) is 3.58. The number of carbonyl (C=O) groups excluding carboxylic acids is 2. The first-order valence-electron chi connectivity index (χ1n) is 5.85. The highest BCUT2D eigenvalue weighted by Crippen LogP contribution is 2.27. The average Bonchev–Trinajstić information content (AvgIpc) is 3.10. The van der Waals surface area contributed by atoms with Gasteiger partial charge in [-0.3, -0.25) is 14.5 Å². The molecule has 1 aromatic rings. The summed E-state index contributed by atoms with van der Waals surface area (Å²) in [4.78, 5) is 24.6. The van der Waals surface area contributed by atoms with E-state index < -0.39 is 0 Å². The van der Waals surface area contributed by atoms with Gasteiger partial charge in [0.05, 0.1) is 6.42 Å². The average molecular weight is 230 g/mol. The van der Waals surface area contributed by atoms with Crippen LogP contribution in [-0.2, 0) is 11.2 Å². The Kier molecular flexibility index (Phi) is 2.18. The van der Waals surface area contributed by atoms with Crippen LogP contribution >= 0.6 is 0 Å². The number of fused-ring (bicyclic) bond motifs is 1. The van der Waals surface area contributed by atoms with E-state index in [1.165, 1.54) is 24.8 Å². The largest absolute Gasteiger partial charge is 0.382 e. The molecule has 3 rings (SSSR count). The first-order valence-corrected chi connectivity index (χ1v) is 5.85. The van der Waals surface area contributed by atoms with Crippen molar-refractivity contribution in [2.75, 3.05) is 12.4 Å². The predicted molar refractivity (Wildman–Crippen MR) is 63.9 cm³/mol. The number of anilines is 1.